The molecule has 0 nitrogen and oxygen atoms in total. The average molecular weight is 294 g/mol. The molecule has 17 heavy (non-hydrogen) atoms. The van der Waals surface area contributed by atoms with Crippen molar-refractivity contribution in [3.63, 3.8) is 0 Å². The summed E-state index contributed by atoms with van der Waals surface area (Å²) in [5, 5.41) is 1.72. The highest BCUT2D eigenvalue weighted by molar-refractivity contribution is 6.33. The smallest absolute Gasteiger partial charge is 0.0439 e. The van der Waals surface area contributed by atoms with Gasteiger partial charge in [0.25, 0.3) is 0 Å². The van der Waals surface area contributed by atoms with Gasteiger partial charge in [-0.25, -0.2) is 0 Å². The number of hydrogen-bond donors (Lipinski definition) is 0. The topological polar surface area (TPSA) is 0 Å². The van der Waals surface area contributed by atoms with Crippen molar-refractivity contribution in [2.24, 2.45) is 5.41 Å². The summed E-state index contributed by atoms with van der Waals surface area (Å²) in [6.07, 6.45) is 2.96. The molecule has 1 unspecified atom stereocenters. The molecule has 0 saturated heterocycles. The Bertz CT molecular complexity index is 366. The van der Waals surface area contributed by atoms with Gasteiger partial charge in [-0.1, -0.05) is 44.0 Å². The number of halogens is 3. The second-order valence-corrected chi connectivity index (χ2v) is 6.83. The summed E-state index contributed by atoms with van der Waals surface area (Å²) in [6, 6.07) is 5.60. The molecule has 0 aliphatic heterocycles. The van der Waals surface area contributed by atoms with E-state index in [4.69, 9.17) is 34.8 Å². The molecular weight excluding hydrogens is 275 g/mol. The summed E-state index contributed by atoms with van der Waals surface area (Å²) in [5.41, 5.74) is 1.26. The fraction of sp³-hybridized carbons (Fsp3) is 0.571. The van der Waals surface area contributed by atoms with Crippen LogP contribution in [0, 0.1) is 5.41 Å². The SMILES string of the molecule is CC(C)(C)C(Cl)CCCc1cc(Cl)ccc1Cl. The third-order valence-electron chi connectivity index (χ3n) is 2.85. The maximum atomic E-state index is 6.34. The maximum absolute atomic E-state index is 6.34. The van der Waals surface area contributed by atoms with Crippen molar-refractivity contribution in [2.45, 2.75) is 45.4 Å². The van der Waals surface area contributed by atoms with Gasteiger partial charge in [0.2, 0.25) is 0 Å². The Morgan fingerprint density at radius 2 is 1.82 bits per heavy atom. The van der Waals surface area contributed by atoms with Crippen LogP contribution in [0.2, 0.25) is 10.0 Å². The van der Waals surface area contributed by atoms with Gasteiger partial charge < -0.3 is 0 Å². The van der Waals surface area contributed by atoms with Crippen LogP contribution < -0.4 is 0 Å². The van der Waals surface area contributed by atoms with Gasteiger partial charge in [0.15, 0.2) is 0 Å². The van der Waals surface area contributed by atoms with E-state index >= 15 is 0 Å². The first-order chi connectivity index (χ1) is 7.80. The van der Waals surface area contributed by atoms with E-state index in [2.05, 4.69) is 20.8 Å². The summed E-state index contributed by atoms with van der Waals surface area (Å²) < 4.78 is 0. The van der Waals surface area contributed by atoms with E-state index < -0.39 is 0 Å². The van der Waals surface area contributed by atoms with Crippen molar-refractivity contribution >= 4 is 34.8 Å². The lowest BCUT2D eigenvalue weighted by Gasteiger charge is -2.25. The molecule has 96 valence electrons. The Kier molecular flexibility index (Phi) is 5.63. The molecule has 1 rings (SSSR count). The second-order valence-electron chi connectivity index (χ2n) is 5.46. The lowest BCUT2D eigenvalue weighted by Crippen LogP contribution is -2.20. The fourth-order valence-corrected chi connectivity index (χ4v) is 2.20. The Balaban J connectivity index is 2.49. The minimum Gasteiger partial charge on any atom is -0.122 e. The summed E-state index contributed by atoms with van der Waals surface area (Å²) in [7, 11) is 0. The van der Waals surface area contributed by atoms with Crippen LogP contribution in [0.15, 0.2) is 18.2 Å². The maximum Gasteiger partial charge on any atom is 0.0439 e. The Hall–Kier alpha value is 0.0900. The molecular formula is C14H19Cl3. The van der Waals surface area contributed by atoms with Crippen LogP contribution in [-0.4, -0.2) is 5.38 Å². The number of benzene rings is 1. The first-order valence-electron chi connectivity index (χ1n) is 5.88. The van der Waals surface area contributed by atoms with E-state index in [9.17, 15) is 0 Å². The predicted molar refractivity (Wildman–Crippen MR) is 78.5 cm³/mol. The van der Waals surface area contributed by atoms with Gasteiger partial charge in [-0.3, -0.25) is 0 Å². The van der Waals surface area contributed by atoms with E-state index in [1.54, 1.807) is 0 Å². The number of aryl methyl sites for hydroxylation is 1. The molecule has 0 aliphatic carbocycles. The normalized spacial score (nSPS) is 13.8. The average Bonchev–Trinajstić information content (AvgIpc) is 2.21. The third kappa shape index (κ3) is 5.07. The van der Waals surface area contributed by atoms with Gasteiger partial charge in [-0.05, 0) is 48.4 Å². The molecule has 1 atom stereocenters. The zero-order chi connectivity index (χ0) is 13.1. The minimum absolute atomic E-state index is 0.152. The van der Waals surface area contributed by atoms with E-state index in [0.29, 0.717) is 0 Å². The molecule has 0 N–H and O–H groups in total. The van der Waals surface area contributed by atoms with Crippen LogP contribution >= 0.6 is 34.8 Å². The highest BCUT2D eigenvalue weighted by Gasteiger charge is 2.21. The van der Waals surface area contributed by atoms with Gasteiger partial charge in [0.05, 0.1) is 0 Å². The van der Waals surface area contributed by atoms with Crippen molar-refractivity contribution in [2.75, 3.05) is 0 Å². The second kappa shape index (κ2) is 6.31. The zero-order valence-electron chi connectivity index (χ0n) is 10.6. The molecule has 3 heteroatoms. The van der Waals surface area contributed by atoms with E-state index in [0.717, 1.165) is 34.9 Å². The number of hydrogen-bond acceptors (Lipinski definition) is 0. The van der Waals surface area contributed by atoms with Gasteiger partial charge in [-0.2, -0.15) is 0 Å². The van der Waals surface area contributed by atoms with E-state index in [1.165, 1.54) is 0 Å². The fourth-order valence-electron chi connectivity index (χ4n) is 1.64. The highest BCUT2D eigenvalue weighted by Crippen LogP contribution is 2.29. The molecule has 1 aromatic rings. The van der Waals surface area contributed by atoms with Crippen molar-refractivity contribution in [3.8, 4) is 0 Å². The molecule has 0 aliphatic rings. The van der Waals surface area contributed by atoms with Crippen molar-refractivity contribution < 1.29 is 0 Å². The van der Waals surface area contributed by atoms with Gasteiger partial charge in [0.1, 0.15) is 0 Å². The Labute approximate surface area is 119 Å². The van der Waals surface area contributed by atoms with Crippen LogP contribution in [0.4, 0.5) is 0 Å². The molecule has 0 amide bonds. The standard InChI is InChI=1S/C14H19Cl3/c1-14(2,3)13(17)6-4-5-10-9-11(15)7-8-12(10)16/h7-9,13H,4-6H2,1-3H3. The van der Waals surface area contributed by atoms with Gasteiger partial charge in [-0.15, -0.1) is 11.6 Å². The van der Waals surface area contributed by atoms with Gasteiger partial charge >= 0.3 is 0 Å². The zero-order valence-corrected chi connectivity index (χ0v) is 12.8. The van der Waals surface area contributed by atoms with Gasteiger partial charge in [0, 0.05) is 15.4 Å². The predicted octanol–water partition coefficient (Wildman–Crippen LogP) is 5.97. The summed E-state index contributed by atoms with van der Waals surface area (Å²) in [4.78, 5) is 0. The van der Waals surface area contributed by atoms with Crippen LogP contribution in [0.1, 0.15) is 39.2 Å². The summed E-state index contributed by atoms with van der Waals surface area (Å²) in [6.45, 7) is 6.49. The lowest BCUT2D eigenvalue weighted by atomic mass is 9.88. The van der Waals surface area contributed by atoms with Crippen LogP contribution in [0.5, 0.6) is 0 Å². The van der Waals surface area contributed by atoms with Crippen LogP contribution in [0.25, 0.3) is 0 Å². The molecule has 0 spiro atoms. The monoisotopic (exact) mass is 292 g/mol. The first-order valence-corrected chi connectivity index (χ1v) is 7.08. The van der Waals surface area contributed by atoms with E-state index in [1.807, 2.05) is 18.2 Å². The Morgan fingerprint density at radius 3 is 2.41 bits per heavy atom. The largest absolute Gasteiger partial charge is 0.122 e. The highest BCUT2D eigenvalue weighted by atomic mass is 35.5. The molecule has 0 radical (unpaired) electrons. The van der Waals surface area contributed by atoms with Crippen LogP contribution in [0.3, 0.4) is 0 Å². The molecule has 1 aromatic carbocycles. The van der Waals surface area contributed by atoms with E-state index in [-0.39, 0.29) is 10.8 Å². The Morgan fingerprint density at radius 1 is 1.18 bits per heavy atom. The molecule has 0 aromatic heterocycles. The number of alkyl halides is 1. The van der Waals surface area contributed by atoms with Crippen molar-refractivity contribution in [1.82, 2.24) is 0 Å². The summed E-state index contributed by atoms with van der Waals surface area (Å²) >= 11 is 18.4. The molecule has 0 fully saturated rings. The quantitative estimate of drug-likeness (QED) is 0.600. The van der Waals surface area contributed by atoms with Crippen molar-refractivity contribution in [1.29, 1.82) is 0 Å². The van der Waals surface area contributed by atoms with Crippen molar-refractivity contribution in [3.05, 3.63) is 33.8 Å². The minimum atomic E-state index is 0.152. The molecule has 0 bridgehead atoms. The molecule has 0 saturated carbocycles. The molecule has 0 heterocycles. The third-order valence-corrected chi connectivity index (χ3v) is 4.33. The first kappa shape index (κ1) is 15.1. The number of rotatable bonds is 4. The lowest BCUT2D eigenvalue weighted by molar-refractivity contribution is 0.369. The van der Waals surface area contributed by atoms with Crippen LogP contribution in [-0.2, 0) is 6.42 Å². The summed E-state index contributed by atoms with van der Waals surface area (Å²) in [5.74, 6) is 0.